The number of carbonyl (C=O) groups is 2. The lowest BCUT2D eigenvalue weighted by Crippen LogP contribution is -2.42. The molecule has 1 saturated heterocycles. The zero-order chi connectivity index (χ0) is 14.1. The molecule has 106 valence electrons. The monoisotopic (exact) mass is 274 g/mol. The van der Waals surface area contributed by atoms with Crippen molar-refractivity contribution in [1.82, 2.24) is 9.47 Å². The van der Waals surface area contributed by atoms with Crippen molar-refractivity contribution >= 4 is 11.7 Å². The molecule has 2 aliphatic rings. The summed E-state index contributed by atoms with van der Waals surface area (Å²) in [5.41, 5.74) is 2.09. The molecular weight excluding hydrogens is 256 g/mol. The van der Waals surface area contributed by atoms with Gasteiger partial charge in [0.2, 0.25) is 5.91 Å². The predicted molar refractivity (Wildman–Crippen MR) is 73.5 cm³/mol. The van der Waals surface area contributed by atoms with E-state index in [0.29, 0.717) is 25.9 Å². The zero-order valence-corrected chi connectivity index (χ0v) is 11.4. The number of Topliss-reactive ketones (excluding diaryl/α,β-unsaturated/α-hetero) is 1. The molecule has 0 unspecified atom stereocenters. The number of piperidine rings is 1. The molecule has 1 aromatic heterocycles. The molecule has 0 N–H and O–H groups in total. The van der Waals surface area contributed by atoms with Crippen LogP contribution in [0.25, 0.3) is 0 Å². The highest BCUT2D eigenvalue weighted by molar-refractivity contribution is 5.83. The minimum atomic E-state index is -0.105. The summed E-state index contributed by atoms with van der Waals surface area (Å²) in [6.45, 7) is 1.08. The standard InChI is InChI=1S/C15H18N2O3/c18-12-6-8-16(9-7-12)15(20)10-17-13-3-1-2-11(13)4-5-14(17)19/h4-5H,1-3,6-10H2. The predicted octanol–water partition coefficient (Wildman–Crippen LogP) is 0.528. The Balaban J connectivity index is 1.78. The van der Waals surface area contributed by atoms with Crippen molar-refractivity contribution in [3.8, 4) is 0 Å². The maximum atomic E-state index is 12.3. The number of amides is 1. The van der Waals surface area contributed by atoms with Gasteiger partial charge in [0.25, 0.3) is 5.56 Å². The van der Waals surface area contributed by atoms with Gasteiger partial charge in [-0.15, -0.1) is 0 Å². The number of carbonyl (C=O) groups excluding carboxylic acids is 2. The third-order valence-corrected chi connectivity index (χ3v) is 4.22. The summed E-state index contributed by atoms with van der Waals surface area (Å²) in [6, 6.07) is 3.43. The largest absolute Gasteiger partial charge is 0.340 e. The number of fused-ring (bicyclic) bond motifs is 1. The smallest absolute Gasteiger partial charge is 0.251 e. The van der Waals surface area contributed by atoms with E-state index in [1.54, 1.807) is 15.5 Å². The second kappa shape index (κ2) is 5.23. The van der Waals surface area contributed by atoms with Gasteiger partial charge in [0.1, 0.15) is 12.3 Å². The van der Waals surface area contributed by atoms with Crippen LogP contribution in [0.15, 0.2) is 16.9 Å². The summed E-state index contributed by atoms with van der Waals surface area (Å²) >= 11 is 0. The molecule has 5 heteroatoms. The molecule has 0 spiro atoms. The van der Waals surface area contributed by atoms with Crippen LogP contribution in [0.5, 0.6) is 0 Å². The molecule has 0 bridgehead atoms. The molecule has 0 radical (unpaired) electrons. The van der Waals surface area contributed by atoms with Gasteiger partial charge in [-0.05, 0) is 24.8 Å². The maximum absolute atomic E-state index is 12.3. The van der Waals surface area contributed by atoms with E-state index in [1.165, 1.54) is 5.56 Å². The Kier molecular flexibility index (Phi) is 3.42. The van der Waals surface area contributed by atoms with Crippen LogP contribution in [0, 0.1) is 0 Å². The molecule has 5 nitrogen and oxygen atoms in total. The van der Waals surface area contributed by atoms with Crippen LogP contribution in [-0.2, 0) is 29.0 Å². The van der Waals surface area contributed by atoms with Crippen LogP contribution < -0.4 is 5.56 Å². The SMILES string of the molecule is O=C1CCN(C(=O)Cn2c3c(ccc2=O)CCC3)CC1. The van der Waals surface area contributed by atoms with Gasteiger partial charge in [-0.3, -0.25) is 14.4 Å². The molecular formula is C15H18N2O3. The molecule has 0 atom stereocenters. The van der Waals surface area contributed by atoms with Gasteiger partial charge in [-0.2, -0.15) is 0 Å². The second-order valence-corrected chi connectivity index (χ2v) is 5.50. The fourth-order valence-electron chi connectivity index (χ4n) is 3.05. The summed E-state index contributed by atoms with van der Waals surface area (Å²) < 4.78 is 1.61. The fraction of sp³-hybridized carbons (Fsp3) is 0.533. The number of aromatic nitrogens is 1. The van der Waals surface area contributed by atoms with Crippen molar-refractivity contribution in [3.05, 3.63) is 33.7 Å². The average molecular weight is 274 g/mol. The summed E-state index contributed by atoms with van der Waals surface area (Å²) in [4.78, 5) is 37.2. The summed E-state index contributed by atoms with van der Waals surface area (Å²) in [5.74, 6) is 0.159. The summed E-state index contributed by atoms with van der Waals surface area (Å²) in [5, 5.41) is 0. The van der Waals surface area contributed by atoms with E-state index in [2.05, 4.69) is 0 Å². The van der Waals surface area contributed by atoms with Gasteiger partial charge < -0.3 is 9.47 Å². The van der Waals surface area contributed by atoms with Crippen LogP contribution in [-0.4, -0.2) is 34.2 Å². The van der Waals surface area contributed by atoms with Crippen molar-refractivity contribution in [3.63, 3.8) is 0 Å². The molecule has 20 heavy (non-hydrogen) atoms. The first-order valence-electron chi connectivity index (χ1n) is 7.16. The number of aryl methyl sites for hydroxylation is 1. The lowest BCUT2D eigenvalue weighted by Gasteiger charge is -2.26. The molecule has 0 saturated carbocycles. The van der Waals surface area contributed by atoms with Crippen molar-refractivity contribution in [2.45, 2.75) is 38.6 Å². The number of hydrogen-bond donors (Lipinski definition) is 0. The Morgan fingerprint density at radius 2 is 1.80 bits per heavy atom. The highest BCUT2D eigenvalue weighted by Gasteiger charge is 2.23. The Labute approximate surface area is 117 Å². The third-order valence-electron chi connectivity index (χ3n) is 4.22. The normalized spacial score (nSPS) is 18.2. The summed E-state index contributed by atoms with van der Waals surface area (Å²) in [6.07, 6.45) is 3.78. The van der Waals surface area contributed by atoms with E-state index in [4.69, 9.17) is 0 Å². The first-order valence-corrected chi connectivity index (χ1v) is 7.16. The molecule has 1 aliphatic heterocycles. The molecule has 1 aliphatic carbocycles. The van der Waals surface area contributed by atoms with Crippen LogP contribution in [0.2, 0.25) is 0 Å². The number of ketones is 1. The lowest BCUT2D eigenvalue weighted by molar-refractivity contribution is -0.135. The van der Waals surface area contributed by atoms with E-state index < -0.39 is 0 Å². The van der Waals surface area contributed by atoms with Gasteiger partial charge in [0.15, 0.2) is 0 Å². The topological polar surface area (TPSA) is 59.4 Å². The van der Waals surface area contributed by atoms with E-state index >= 15 is 0 Å². The van der Waals surface area contributed by atoms with Crippen molar-refractivity contribution < 1.29 is 9.59 Å². The number of nitrogens with zero attached hydrogens (tertiary/aromatic N) is 2. The van der Waals surface area contributed by atoms with Crippen LogP contribution in [0.4, 0.5) is 0 Å². The number of pyridine rings is 1. The minimum absolute atomic E-state index is 0.0556. The highest BCUT2D eigenvalue weighted by Crippen LogP contribution is 2.20. The molecule has 2 heterocycles. The Morgan fingerprint density at radius 3 is 2.55 bits per heavy atom. The maximum Gasteiger partial charge on any atom is 0.251 e. The van der Waals surface area contributed by atoms with Gasteiger partial charge in [-0.25, -0.2) is 0 Å². The minimum Gasteiger partial charge on any atom is -0.340 e. The van der Waals surface area contributed by atoms with E-state index in [0.717, 1.165) is 25.0 Å². The quantitative estimate of drug-likeness (QED) is 0.790. The van der Waals surface area contributed by atoms with Crippen molar-refractivity contribution in [2.75, 3.05) is 13.1 Å². The molecule has 1 amide bonds. The van der Waals surface area contributed by atoms with E-state index in [-0.39, 0.29) is 23.8 Å². The highest BCUT2D eigenvalue weighted by atomic mass is 16.2. The van der Waals surface area contributed by atoms with E-state index in [1.807, 2.05) is 6.07 Å². The first-order chi connectivity index (χ1) is 9.65. The molecule has 0 aromatic carbocycles. The fourth-order valence-corrected chi connectivity index (χ4v) is 3.05. The van der Waals surface area contributed by atoms with Crippen LogP contribution in [0.3, 0.4) is 0 Å². The van der Waals surface area contributed by atoms with Crippen LogP contribution >= 0.6 is 0 Å². The molecule has 1 fully saturated rings. The lowest BCUT2D eigenvalue weighted by atomic mass is 10.1. The van der Waals surface area contributed by atoms with Crippen molar-refractivity contribution in [2.24, 2.45) is 0 Å². The van der Waals surface area contributed by atoms with Gasteiger partial charge in [0, 0.05) is 37.7 Å². The number of rotatable bonds is 2. The third kappa shape index (κ3) is 2.40. The van der Waals surface area contributed by atoms with Gasteiger partial charge in [-0.1, -0.05) is 6.07 Å². The van der Waals surface area contributed by atoms with Crippen molar-refractivity contribution in [1.29, 1.82) is 0 Å². The van der Waals surface area contributed by atoms with Crippen LogP contribution in [0.1, 0.15) is 30.5 Å². The first kappa shape index (κ1) is 13.1. The Hall–Kier alpha value is -1.91. The number of likely N-dealkylation sites (tertiary alicyclic amines) is 1. The Bertz CT molecular complexity index is 608. The van der Waals surface area contributed by atoms with E-state index in [9.17, 15) is 14.4 Å². The molecule has 1 aromatic rings. The Morgan fingerprint density at radius 1 is 1.05 bits per heavy atom. The number of hydrogen-bond acceptors (Lipinski definition) is 3. The van der Waals surface area contributed by atoms with Gasteiger partial charge in [0.05, 0.1) is 0 Å². The average Bonchev–Trinajstić information content (AvgIpc) is 2.91. The second-order valence-electron chi connectivity index (χ2n) is 5.50. The molecule has 3 rings (SSSR count). The summed E-state index contributed by atoms with van der Waals surface area (Å²) in [7, 11) is 0. The zero-order valence-electron chi connectivity index (χ0n) is 11.4. The van der Waals surface area contributed by atoms with Gasteiger partial charge >= 0.3 is 0 Å².